The van der Waals surface area contributed by atoms with E-state index in [0.29, 0.717) is 66.9 Å². The summed E-state index contributed by atoms with van der Waals surface area (Å²) in [5.41, 5.74) is 0. The molecule has 0 aliphatic carbocycles. The van der Waals surface area contributed by atoms with Gasteiger partial charge in [0, 0.05) is 43.4 Å². The predicted octanol–water partition coefficient (Wildman–Crippen LogP) is 2.94. The van der Waals surface area contributed by atoms with Crippen molar-refractivity contribution in [3.8, 4) is 10.7 Å². The maximum absolute atomic E-state index is 13.2. The highest BCUT2D eigenvalue weighted by atomic mass is 32.2. The van der Waals surface area contributed by atoms with E-state index in [1.807, 2.05) is 25.7 Å². The Morgan fingerprint density at radius 1 is 1.28 bits per heavy atom. The van der Waals surface area contributed by atoms with E-state index < -0.39 is 10.0 Å². The number of rotatable bonds is 7. The van der Waals surface area contributed by atoms with Gasteiger partial charge in [0.15, 0.2) is 0 Å². The Hall–Kier alpha value is -1.78. The number of sulfonamides is 1. The van der Waals surface area contributed by atoms with Crippen LogP contribution >= 0.6 is 11.3 Å². The van der Waals surface area contributed by atoms with Crippen LogP contribution < -0.4 is 0 Å². The Morgan fingerprint density at radius 2 is 1.93 bits per heavy atom. The van der Waals surface area contributed by atoms with Crippen LogP contribution in [0.5, 0.6) is 0 Å². The lowest BCUT2D eigenvalue weighted by molar-refractivity contribution is -0.136. The van der Waals surface area contributed by atoms with E-state index in [1.165, 1.54) is 15.6 Å². The number of carbonyl (C=O) groups is 1. The lowest BCUT2D eigenvalue weighted by Gasteiger charge is -2.33. The van der Waals surface area contributed by atoms with Gasteiger partial charge in [0.1, 0.15) is 0 Å². The average molecular weight is 441 g/mol. The quantitative estimate of drug-likeness (QED) is 0.657. The van der Waals surface area contributed by atoms with Crippen LogP contribution in [0.15, 0.2) is 15.5 Å². The third-order valence-corrected chi connectivity index (χ3v) is 8.56. The summed E-state index contributed by atoms with van der Waals surface area (Å²) in [5, 5.41) is 3.94. The fourth-order valence-electron chi connectivity index (χ4n) is 3.61. The minimum atomic E-state index is -3.63. The molecule has 1 aliphatic rings. The first kappa shape index (κ1) is 21.9. The summed E-state index contributed by atoms with van der Waals surface area (Å²) in [7, 11) is -3.63. The highest BCUT2D eigenvalue weighted by Gasteiger charge is 2.35. The van der Waals surface area contributed by atoms with E-state index in [1.54, 1.807) is 13.0 Å². The number of nitrogens with zero attached hydrogens (tertiary/aromatic N) is 4. The molecule has 0 saturated carbocycles. The topological polar surface area (TPSA) is 96.6 Å². The summed E-state index contributed by atoms with van der Waals surface area (Å²) in [4.78, 5) is 20.3. The zero-order valence-electron chi connectivity index (χ0n) is 17.3. The van der Waals surface area contributed by atoms with Gasteiger partial charge in [0.25, 0.3) is 0 Å². The van der Waals surface area contributed by atoms with Crippen LogP contribution in [0.25, 0.3) is 10.7 Å². The van der Waals surface area contributed by atoms with Gasteiger partial charge in [-0.3, -0.25) is 4.79 Å². The van der Waals surface area contributed by atoms with E-state index in [4.69, 9.17) is 4.52 Å². The molecule has 0 aromatic carbocycles. The molecule has 3 heterocycles. The van der Waals surface area contributed by atoms with E-state index in [2.05, 4.69) is 10.1 Å². The molecule has 1 amide bonds. The summed E-state index contributed by atoms with van der Waals surface area (Å²) in [6, 6.07) is 1.63. The monoisotopic (exact) mass is 440 g/mol. The molecule has 0 spiro atoms. The minimum Gasteiger partial charge on any atom is -0.343 e. The molecule has 2 aromatic rings. The van der Waals surface area contributed by atoms with Gasteiger partial charge in [-0.25, -0.2) is 8.42 Å². The van der Waals surface area contributed by atoms with Crippen molar-refractivity contribution in [2.45, 2.75) is 51.9 Å². The Balaban J connectivity index is 1.74. The van der Waals surface area contributed by atoms with E-state index in [0.717, 1.165) is 0 Å². The second kappa shape index (κ2) is 8.93. The number of amides is 1. The van der Waals surface area contributed by atoms with Crippen molar-refractivity contribution < 1.29 is 17.7 Å². The molecule has 0 unspecified atom stereocenters. The van der Waals surface area contributed by atoms with Crippen LogP contribution in [-0.4, -0.2) is 59.8 Å². The minimum absolute atomic E-state index is 0.104. The van der Waals surface area contributed by atoms with Gasteiger partial charge >= 0.3 is 0 Å². The zero-order chi connectivity index (χ0) is 21.2. The van der Waals surface area contributed by atoms with Gasteiger partial charge in [-0.05, 0) is 39.7 Å². The number of thiophene rings is 1. The standard InChI is InChI=1S/C19H28N4O4S2/c1-5-17-20-18(21-27-17)15-12-16(13(4)28-15)29(25,26)23-10-8-14(9-11-23)19(24)22(6-2)7-3/h12,14H,5-11H2,1-4H3. The van der Waals surface area contributed by atoms with Crippen molar-refractivity contribution in [1.29, 1.82) is 0 Å². The Bertz CT molecular complexity index is 955. The van der Waals surface area contributed by atoms with Gasteiger partial charge < -0.3 is 9.42 Å². The van der Waals surface area contributed by atoms with Crippen LogP contribution in [0.2, 0.25) is 0 Å². The van der Waals surface area contributed by atoms with Gasteiger partial charge in [0.05, 0.1) is 9.77 Å². The Morgan fingerprint density at radius 3 is 2.48 bits per heavy atom. The largest absolute Gasteiger partial charge is 0.343 e. The van der Waals surface area contributed by atoms with Crippen LogP contribution in [0.4, 0.5) is 0 Å². The fourth-order valence-corrected chi connectivity index (χ4v) is 6.56. The van der Waals surface area contributed by atoms with Crippen molar-refractivity contribution in [2.24, 2.45) is 5.92 Å². The molecular weight excluding hydrogens is 412 g/mol. The van der Waals surface area contributed by atoms with Gasteiger partial charge in [-0.1, -0.05) is 12.1 Å². The smallest absolute Gasteiger partial charge is 0.244 e. The molecule has 0 atom stereocenters. The number of aryl methyl sites for hydroxylation is 2. The molecule has 1 saturated heterocycles. The Labute approximate surface area is 175 Å². The molecule has 1 aliphatic heterocycles. The molecule has 0 radical (unpaired) electrons. The summed E-state index contributed by atoms with van der Waals surface area (Å²) < 4.78 is 33.1. The number of aromatic nitrogens is 2. The zero-order valence-corrected chi connectivity index (χ0v) is 19.0. The second-order valence-electron chi connectivity index (χ2n) is 7.09. The maximum atomic E-state index is 13.2. The molecule has 3 rings (SSSR count). The van der Waals surface area contributed by atoms with Gasteiger partial charge in [-0.15, -0.1) is 11.3 Å². The first-order valence-electron chi connectivity index (χ1n) is 10.0. The van der Waals surface area contributed by atoms with Crippen LogP contribution in [0.3, 0.4) is 0 Å². The number of piperidine rings is 1. The third-order valence-electron chi connectivity index (χ3n) is 5.36. The lowest BCUT2D eigenvalue weighted by atomic mass is 9.96. The molecule has 0 bridgehead atoms. The van der Waals surface area contributed by atoms with Crippen molar-refractivity contribution in [3.05, 3.63) is 16.8 Å². The summed E-state index contributed by atoms with van der Waals surface area (Å²) >= 11 is 1.35. The molecule has 0 N–H and O–H groups in total. The molecule has 8 nitrogen and oxygen atoms in total. The predicted molar refractivity (Wildman–Crippen MR) is 111 cm³/mol. The van der Waals surface area contributed by atoms with E-state index in [9.17, 15) is 13.2 Å². The van der Waals surface area contributed by atoms with Crippen molar-refractivity contribution in [3.63, 3.8) is 0 Å². The van der Waals surface area contributed by atoms with Crippen LogP contribution in [0.1, 0.15) is 44.4 Å². The van der Waals surface area contributed by atoms with E-state index >= 15 is 0 Å². The first-order chi connectivity index (χ1) is 13.8. The normalized spacial score (nSPS) is 16.3. The van der Waals surface area contributed by atoms with Crippen LogP contribution in [-0.2, 0) is 21.2 Å². The van der Waals surface area contributed by atoms with Crippen molar-refractivity contribution in [1.82, 2.24) is 19.3 Å². The van der Waals surface area contributed by atoms with Crippen molar-refractivity contribution >= 4 is 27.3 Å². The van der Waals surface area contributed by atoms with Crippen molar-refractivity contribution in [2.75, 3.05) is 26.2 Å². The SMILES string of the molecule is CCc1nc(-c2cc(S(=O)(=O)N3CCC(C(=O)N(CC)CC)CC3)c(C)s2)no1. The molecule has 160 valence electrons. The fraction of sp³-hybridized carbons (Fsp3) is 0.632. The number of hydrogen-bond acceptors (Lipinski definition) is 7. The summed E-state index contributed by atoms with van der Waals surface area (Å²) in [5.74, 6) is 0.965. The first-order valence-corrected chi connectivity index (χ1v) is 12.3. The molecule has 29 heavy (non-hydrogen) atoms. The Kier molecular flexibility index (Phi) is 6.75. The maximum Gasteiger partial charge on any atom is 0.244 e. The summed E-state index contributed by atoms with van der Waals surface area (Å²) in [6.45, 7) is 9.71. The molecule has 10 heteroatoms. The molecule has 1 fully saturated rings. The number of hydrogen-bond donors (Lipinski definition) is 0. The third kappa shape index (κ3) is 4.39. The summed E-state index contributed by atoms with van der Waals surface area (Å²) in [6.07, 6.45) is 1.73. The van der Waals surface area contributed by atoms with Gasteiger partial charge in [-0.2, -0.15) is 9.29 Å². The molecule has 2 aromatic heterocycles. The number of carbonyl (C=O) groups excluding carboxylic acids is 1. The molecular formula is C19H28N4O4S2. The highest BCUT2D eigenvalue weighted by Crippen LogP contribution is 2.35. The average Bonchev–Trinajstić information content (AvgIpc) is 3.35. The second-order valence-corrected chi connectivity index (χ2v) is 10.2. The van der Waals surface area contributed by atoms with Gasteiger partial charge in [0.2, 0.25) is 27.6 Å². The lowest BCUT2D eigenvalue weighted by Crippen LogP contribution is -2.44. The van der Waals surface area contributed by atoms with Crippen LogP contribution in [0, 0.1) is 12.8 Å². The highest BCUT2D eigenvalue weighted by molar-refractivity contribution is 7.89. The van der Waals surface area contributed by atoms with E-state index in [-0.39, 0.29) is 16.7 Å².